The Morgan fingerprint density at radius 1 is 0.867 bits per heavy atom. The van der Waals surface area contributed by atoms with Crippen molar-refractivity contribution in [3.63, 3.8) is 0 Å². The predicted octanol–water partition coefficient (Wildman–Crippen LogP) is 4.22. The van der Waals surface area contributed by atoms with Gasteiger partial charge in [-0.05, 0) is 41.1 Å². The number of nitrogens with one attached hydrogen (secondary N) is 1. The lowest BCUT2D eigenvalue weighted by atomic mass is 10.0. The van der Waals surface area contributed by atoms with Crippen molar-refractivity contribution in [1.82, 2.24) is 10.4 Å². The molecule has 0 atom stereocenters. The van der Waals surface area contributed by atoms with Crippen LogP contribution in [0.3, 0.4) is 0 Å². The van der Waals surface area contributed by atoms with Crippen molar-refractivity contribution in [2.45, 2.75) is 0 Å². The number of rotatable bonds is 5. The van der Waals surface area contributed by atoms with E-state index in [2.05, 4.69) is 15.5 Å². The topological polar surface area (TPSA) is 80.6 Å². The zero-order valence-corrected chi connectivity index (χ0v) is 15.9. The smallest absolute Gasteiger partial charge is 0.345 e. The van der Waals surface area contributed by atoms with Gasteiger partial charge in [0.2, 0.25) is 0 Å². The number of nitrogens with zero attached hydrogens (tertiary/aromatic N) is 2. The Morgan fingerprint density at radius 3 is 2.43 bits per heavy atom. The number of hydrogen-bond donors (Lipinski definition) is 1. The molecule has 0 unspecified atom stereocenters. The molecule has 0 saturated carbocycles. The number of pyridine rings is 1. The van der Waals surface area contributed by atoms with E-state index in [0.717, 1.165) is 10.8 Å². The maximum Gasteiger partial charge on any atom is 0.345 e. The van der Waals surface area contributed by atoms with Gasteiger partial charge in [0, 0.05) is 23.5 Å². The van der Waals surface area contributed by atoms with Crippen molar-refractivity contribution in [2.24, 2.45) is 5.10 Å². The van der Waals surface area contributed by atoms with Crippen molar-refractivity contribution in [3.05, 3.63) is 108 Å². The molecule has 6 heteroatoms. The fourth-order valence-corrected chi connectivity index (χ4v) is 2.95. The highest BCUT2D eigenvalue weighted by molar-refractivity contribution is 6.04. The summed E-state index contributed by atoms with van der Waals surface area (Å²) in [6, 6.07) is 23.3. The first kappa shape index (κ1) is 19.0. The maximum atomic E-state index is 12.5. The first-order chi connectivity index (χ1) is 14.7. The number of fused-ring (bicyclic) bond motifs is 1. The normalized spacial score (nSPS) is 10.8. The van der Waals surface area contributed by atoms with Gasteiger partial charge in [-0.1, -0.05) is 48.5 Å². The molecule has 0 aliphatic carbocycles. The summed E-state index contributed by atoms with van der Waals surface area (Å²) in [7, 11) is 0. The predicted molar refractivity (Wildman–Crippen MR) is 115 cm³/mol. The number of aromatic nitrogens is 1. The molecule has 4 rings (SSSR count). The third-order valence-corrected chi connectivity index (χ3v) is 4.43. The summed E-state index contributed by atoms with van der Waals surface area (Å²) in [6.45, 7) is 0. The Bertz CT molecular complexity index is 1220. The van der Waals surface area contributed by atoms with Gasteiger partial charge in [0.05, 0.1) is 11.8 Å². The number of ether oxygens (including phenoxy) is 1. The van der Waals surface area contributed by atoms with Crippen molar-refractivity contribution < 1.29 is 14.3 Å². The van der Waals surface area contributed by atoms with Crippen LogP contribution in [-0.4, -0.2) is 23.1 Å². The van der Waals surface area contributed by atoms with E-state index in [0.29, 0.717) is 22.4 Å². The van der Waals surface area contributed by atoms with Crippen LogP contribution in [0.25, 0.3) is 10.8 Å². The van der Waals surface area contributed by atoms with E-state index in [9.17, 15) is 9.59 Å². The molecule has 0 radical (unpaired) electrons. The molecule has 1 aromatic heterocycles. The molecule has 1 amide bonds. The Morgan fingerprint density at radius 2 is 1.63 bits per heavy atom. The molecule has 3 aromatic carbocycles. The molecule has 1 N–H and O–H groups in total. The minimum Gasteiger partial charge on any atom is -0.422 e. The van der Waals surface area contributed by atoms with Crippen LogP contribution in [0.2, 0.25) is 0 Å². The molecule has 6 nitrogen and oxygen atoms in total. The fraction of sp³-hybridized carbons (Fsp3) is 0. The maximum absolute atomic E-state index is 12.5. The van der Waals surface area contributed by atoms with Crippen LogP contribution in [-0.2, 0) is 0 Å². The highest BCUT2D eigenvalue weighted by Crippen LogP contribution is 2.27. The summed E-state index contributed by atoms with van der Waals surface area (Å²) in [4.78, 5) is 28.7. The average Bonchev–Trinajstić information content (AvgIpc) is 2.81. The van der Waals surface area contributed by atoms with Gasteiger partial charge in [-0.15, -0.1) is 0 Å². The number of hydrogen-bond acceptors (Lipinski definition) is 5. The SMILES string of the molecule is O=C(NN=Cc1c(OC(=O)c2cccnc2)ccc2ccccc12)c1ccccc1. The lowest BCUT2D eigenvalue weighted by Gasteiger charge is -2.10. The second kappa shape index (κ2) is 8.79. The van der Waals surface area contributed by atoms with Crippen LogP contribution >= 0.6 is 0 Å². The van der Waals surface area contributed by atoms with Gasteiger partial charge >= 0.3 is 5.97 Å². The highest BCUT2D eigenvalue weighted by Gasteiger charge is 2.13. The number of esters is 1. The Balaban J connectivity index is 1.64. The van der Waals surface area contributed by atoms with Crippen molar-refractivity contribution in [3.8, 4) is 5.75 Å². The van der Waals surface area contributed by atoms with E-state index in [1.807, 2.05) is 36.4 Å². The van der Waals surface area contributed by atoms with Gasteiger partial charge in [0.1, 0.15) is 5.75 Å². The van der Waals surface area contributed by atoms with Gasteiger partial charge in [-0.25, -0.2) is 10.2 Å². The molecule has 0 aliphatic rings. The lowest BCUT2D eigenvalue weighted by molar-refractivity contribution is 0.0734. The van der Waals surface area contributed by atoms with Crippen molar-refractivity contribution >= 4 is 28.9 Å². The monoisotopic (exact) mass is 395 g/mol. The van der Waals surface area contributed by atoms with Crippen molar-refractivity contribution in [2.75, 3.05) is 0 Å². The van der Waals surface area contributed by atoms with Gasteiger partial charge in [-0.3, -0.25) is 9.78 Å². The number of hydrazone groups is 1. The van der Waals surface area contributed by atoms with Crippen molar-refractivity contribution in [1.29, 1.82) is 0 Å². The van der Waals surface area contributed by atoms with E-state index >= 15 is 0 Å². The molecule has 0 fully saturated rings. The van der Waals surface area contributed by atoms with E-state index in [1.54, 1.807) is 48.7 Å². The Labute approximate surface area is 172 Å². The molecule has 0 spiro atoms. The second-order valence-electron chi connectivity index (χ2n) is 6.39. The van der Waals surface area contributed by atoms with Gasteiger partial charge in [0.25, 0.3) is 5.91 Å². The lowest BCUT2D eigenvalue weighted by Crippen LogP contribution is -2.17. The highest BCUT2D eigenvalue weighted by atomic mass is 16.5. The first-order valence-corrected chi connectivity index (χ1v) is 9.25. The molecule has 146 valence electrons. The molecular weight excluding hydrogens is 378 g/mol. The van der Waals surface area contributed by atoms with E-state index < -0.39 is 5.97 Å². The molecule has 0 saturated heterocycles. The second-order valence-corrected chi connectivity index (χ2v) is 6.39. The molecule has 4 aromatic rings. The summed E-state index contributed by atoms with van der Waals surface area (Å²) in [5.41, 5.74) is 3.92. The van der Waals surface area contributed by atoms with Crippen LogP contribution < -0.4 is 10.2 Å². The van der Waals surface area contributed by atoms with Crippen LogP contribution in [0.5, 0.6) is 5.75 Å². The minimum atomic E-state index is -0.527. The summed E-state index contributed by atoms with van der Waals surface area (Å²) >= 11 is 0. The zero-order chi connectivity index (χ0) is 20.8. The summed E-state index contributed by atoms with van der Waals surface area (Å²) in [6.07, 6.45) is 4.51. The zero-order valence-electron chi connectivity index (χ0n) is 15.9. The van der Waals surface area contributed by atoms with E-state index in [4.69, 9.17) is 4.74 Å². The molecular formula is C24H17N3O3. The number of benzene rings is 3. The summed E-state index contributed by atoms with van der Waals surface area (Å²) in [5.74, 6) is -0.525. The van der Waals surface area contributed by atoms with Gasteiger partial charge < -0.3 is 4.74 Å². The largest absolute Gasteiger partial charge is 0.422 e. The standard InChI is InChI=1S/C24H17N3O3/c28-23(18-8-2-1-3-9-18)27-26-16-21-20-11-5-4-7-17(20)12-13-22(21)30-24(29)19-10-6-14-25-15-19/h1-16H,(H,27,28). The summed E-state index contributed by atoms with van der Waals surface area (Å²) < 4.78 is 5.60. The van der Waals surface area contributed by atoms with Crippen LogP contribution in [0.4, 0.5) is 0 Å². The first-order valence-electron chi connectivity index (χ1n) is 9.25. The minimum absolute atomic E-state index is 0.332. The number of carbonyl (C=O) groups is 2. The quantitative estimate of drug-likeness (QED) is 0.237. The summed E-state index contributed by atoms with van der Waals surface area (Å²) in [5, 5.41) is 5.87. The fourth-order valence-electron chi connectivity index (χ4n) is 2.95. The average molecular weight is 395 g/mol. The Hall–Kier alpha value is -4.32. The third-order valence-electron chi connectivity index (χ3n) is 4.43. The molecule has 0 bridgehead atoms. The van der Waals surface area contributed by atoms with Crippen LogP contribution in [0, 0.1) is 0 Å². The van der Waals surface area contributed by atoms with Gasteiger partial charge in [-0.2, -0.15) is 5.10 Å². The third kappa shape index (κ3) is 4.23. The molecule has 1 heterocycles. The van der Waals surface area contributed by atoms with Crippen LogP contribution in [0.15, 0.2) is 96.4 Å². The molecule has 30 heavy (non-hydrogen) atoms. The molecule has 0 aliphatic heterocycles. The number of amides is 1. The van der Waals surface area contributed by atoms with Crippen LogP contribution in [0.1, 0.15) is 26.3 Å². The van der Waals surface area contributed by atoms with Gasteiger partial charge in [0.15, 0.2) is 0 Å². The van der Waals surface area contributed by atoms with E-state index in [1.165, 1.54) is 12.4 Å². The Kier molecular flexibility index (Phi) is 5.57. The van der Waals surface area contributed by atoms with E-state index in [-0.39, 0.29) is 5.91 Å². The number of carbonyl (C=O) groups excluding carboxylic acids is 2.